The van der Waals surface area contributed by atoms with E-state index in [0.29, 0.717) is 23.1 Å². The first-order valence-electron chi connectivity index (χ1n) is 7.88. The van der Waals surface area contributed by atoms with Gasteiger partial charge in [0.05, 0.1) is 18.1 Å². The molecule has 0 aliphatic heterocycles. The molecule has 0 radical (unpaired) electrons. The van der Waals surface area contributed by atoms with Gasteiger partial charge in [0.15, 0.2) is 5.89 Å². The molecular weight excluding hydrogens is 326 g/mol. The number of carbonyl (C=O) groups excluding carboxylic acids is 1. The number of nitrogens with zero attached hydrogens (tertiary/aromatic N) is 2. The van der Waals surface area contributed by atoms with Crippen LogP contribution in [0.15, 0.2) is 26.3 Å². The summed E-state index contributed by atoms with van der Waals surface area (Å²) in [6.07, 6.45) is 3.78. The Bertz CT molecular complexity index is 1090. The van der Waals surface area contributed by atoms with Gasteiger partial charge in [0, 0.05) is 5.92 Å². The molecule has 3 aromatic heterocycles. The maximum absolute atomic E-state index is 12.3. The number of aromatic nitrogens is 4. The Morgan fingerprint density at radius 3 is 2.92 bits per heavy atom. The highest BCUT2D eigenvalue weighted by Crippen LogP contribution is 2.39. The average Bonchev–Trinajstić information content (AvgIpc) is 3.30. The van der Waals surface area contributed by atoms with Crippen LogP contribution in [0.2, 0.25) is 0 Å². The van der Waals surface area contributed by atoms with E-state index in [9.17, 15) is 14.4 Å². The Morgan fingerprint density at radius 1 is 1.36 bits per heavy atom. The highest BCUT2D eigenvalue weighted by molar-refractivity contribution is 5.95. The second kappa shape index (κ2) is 5.69. The molecule has 0 spiro atoms. The Labute approximate surface area is 140 Å². The van der Waals surface area contributed by atoms with Crippen LogP contribution in [0.25, 0.3) is 11.0 Å². The van der Waals surface area contributed by atoms with Crippen molar-refractivity contribution in [2.75, 3.05) is 0 Å². The second-order valence-corrected chi connectivity index (χ2v) is 6.08. The van der Waals surface area contributed by atoms with Crippen LogP contribution in [0.1, 0.15) is 46.5 Å². The molecule has 9 heteroatoms. The number of H-pyrrole nitrogens is 2. The van der Waals surface area contributed by atoms with E-state index in [1.807, 2.05) is 0 Å². The van der Waals surface area contributed by atoms with E-state index < -0.39 is 17.2 Å². The maximum atomic E-state index is 12.3. The molecule has 3 heterocycles. The lowest BCUT2D eigenvalue weighted by molar-refractivity contribution is 0.0943. The highest BCUT2D eigenvalue weighted by Gasteiger charge is 2.28. The number of carbonyl (C=O) groups is 1. The number of rotatable bonds is 4. The van der Waals surface area contributed by atoms with Gasteiger partial charge in [-0.05, 0) is 31.4 Å². The second-order valence-electron chi connectivity index (χ2n) is 6.08. The molecule has 3 aromatic rings. The molecule has 1 aliphatic rings. The maximum Gasteiger partial charge on any atom is 0.327 e. The Morgan fingerprint density at radius 2 is 2.16 bits per heavy atom. The molecule has 1 aliphatic carbocycles. The first-order chi connectivity index (χ1) is 12.0. The molecular formula is C16H15N5O4. The predicted molar refractivity (Wildman–Crippen MR) is 87.4 cm³/mol. The summed E-state index contributed by atoms with van der Waals surface area (Å²) in [4.78, 5) is 48.4. The molecule has 0 atom stereocenters. The number of aromatic amines is 2. The fourth-order valence-electron chi connectivity index (χ4n) is 2.65. The number of nitrogens with one attached hydrogen (secondary N) is 3. The third-order valence-electron chi connectivity index (χ3n) is 4.06. The topological polar surface area (TPSA) is 134 Å². The molecule has 1 amide bonds. The molecule has 128 valence electrons. The summed E-state index contributed by atoms with van der Waals surface area (Å²) in [5.74, 6) is 1.25. The molecule has 0 unspecified atom stereocenters. The van der Waals surface area contributed by atoms with Crippen LogP contribution in [0.5, 0.6) is 0 Å². The van der Waals surface area contributed by atoms with Gasteiger partial charge < -0.3 is 9.73 Å². The summed E-state index contributed by atoms with van der Waals surface area (Å²) in [6.45, 7) is 1.86. The third kappa shape index (κ3) is 2.95. The summed E-state index contributed by atoms with van der Waals surface area (Å²) < 4.78 is 5.58. The van der Waals surface area contributed by atoms with Crippen molar-refractivity contribution in [3.05, 3.63) is 56.0 Å². The van der Waals surface area contributed by atoms with E-state index in [1.165, 1.54) is 6.07 Å². The molecule has 4 rings (SSSR count). The minimum atomic E-state index is -0.670. The van der Waals surface area contributed by atoms with Crippen molar-refractivity contribution in [1.82, 2.24) is 25.3 Å². The largest absolute Gasteiger partial charge is 0.444 e. The van der Waals surface area contributed by atoms with Crippen LogP contribution in [-0.4, -0.2) is 25.8 Å². The van der Waals surface area contributed by atoms with Gasteiger partial charge in [-0.2, -0.15) is 0 Å². The lowest BCUT2D eigenvalue weighted by Crippen LogP contribution is -2.26. The van der Waals surface area contributed by atoms with Crippen LogP contribution >= 0.6 is 0 Å². The zero-order valence-corrected chi connectivity index (χ0v) is 13.4. The number of hydrogen-bond donors (Lipinski definition) is 3. The number of aryl methyl sites for hydroxylation is 1. The number of fused-ring (bicyclic) bond motifs is 1. The highest BCUT2D eigenvalue weighted by atomic mass is 16.4. The van der Waals surface area contributed by atoms with E-state index in [0.717, 1.165) is 12.8 Å². The van der Waals surface area contributed by atoms with E-state index in [4.69, 9.17) is 4.42 Å². The fraction of sp³-hybridized carbons (Fsp3) is 0.312. The van der Waals surface area contributed by atoms with Crippen molar-refractivity contribution in [2.24, 2.45) is 0 Å². The molecule has 1 saturated carbocycles. The van der Waals surface area contributed by atoms with E-state index in [1.54, 1.807) is 13.1 Å². The van der Waals surface area contributed by atoms with Gasteiger partial charge in [0.1, 0.15) is 17.1 Å². The van der Waals surface area contributed by atoms with Crippen LogP contribution in [0.3, 0.4) is 0 Å². The van der Waals surface area contributed by atoms with Crippen molar-refractivity contribution >= 4 is 16.9 Å². The van der Waals surface area contributed by atoms with E-state index in [2.05, 4.69) is 25.3 Å². The van der Waals surface area contributed by atoms with Crippen molar-refractivity contribution < 1.29 is 9.21 Å². The molecule has 0 bridgehead atoms. The van der Waals surface area contributed by atoms with Gasteiger partial charge in [-0.3, -0.25) is 19.6 Å². The van der Waals surface area contributed by atoms with Gasteiger partial charge in [-0.1, -0.05) is 0 Å². The zero-order valence-electron chi connectivity index (χ0n) is 13.4. The Kier molecular flexibility index (Phi) is 3.48. The zero-order chi connectivity index (χ0) is 17.6. The van der Waals surface area contributed by atoms with E-state index in [-0.39, 0.29) is 23.3 Å². The SMILES string of the molecule is Cc1cc(C(=O)NCc2cnc(C3CC3)o2)nc2[nH]c(=O)[nH]c(=O)c12. The molecule has 3 N–H and O–H groups in total. The fourth-order valence-corrected chi connectivity index (χ4v) is 2.65. The van der Waals surface area contributed by atoms with Gasteiger partial charge in [-0.25, -0.2) is 14.8 Å². The number of hydrogen-bond acceptors (Lipinski definition) is 6. The molecule has 9 nitrogen and oxygen atoms in total. The molecule has 0 saturated heterocycles. The quantitative estimate of drug-likeness (QED) is 0.640. The lowest BCUT2D eigenvalue weighted by Gasteiger charge is -2.06. The van der Waals surface area contributed by atoms with Crippen LogP contribution in [0.4, 0.5) is 0 Å². The summed E-state index contributed by atoms with van der Waals surface area (Å²) >= 11 is 0. The summed E-state index contributed by atoms with van der Waals surface area (Å²) in [5, 5.41) is 2.95. The van der Waals surface area contributed by atoms with Crippen LogP contribution < -0.4 is 16.6 Å². The van der Waals surface area contributed by atoms with E-state index >= 15 is 0 Å². The minimum absolute atomic E-state index is 0.0783. The van der Waals surface area contributed by atoms with Gasteiger partial charge in [0.25, 0.3) is 11.5 Å². The van der Waals surface area contributed by atoms with Crippen molar-refractivity contribution in [3.8, 4) is 0 Å². The average molecular weight is 341 g/mol. The predicted octanol–water partition coefficient (Wildman–Crippen LogP) is 0.715. The van der Waals surface area contributed by atoms with Gasteiger partial charge in [-0.15, -0.1) is 0 Å². The molecule has 1 fully saturated rings. The summed E-state index contributed by atoms with van der Waals surface area (Å²) in [5.41, 5.74) is -0.479. The first kappa shape index (κ1) is 15.3. The first-order valence-corrected chi connectivity index (χ1v) is 7.88. The normalized spacial score (nSPS) is 14.0. The summed E-state index contributed by atoms with van der Waals surface area (Å²) in [6, 6.07) is 1.50. The van der Waals surface area contributed by atoms with Crippen molar-refractivity contribution in [3.63, 3.8) is 0 Å². The number of amides is 1. The number of oxazole rings is 1. The Hall–Kier alpha value is -3.23. The third-order valence-corrected chi connectivity index (χ3v) is 4.06. The standard InChI is InChI=1S/C16H15N5O4/c1-7-4-10(19-12-11(7)14(23)21-16(24)20-12)13(22)17-5-9-6-18-15(25-9)8-2-3-8/h4,6,8H,2-3,5H2,1H3,(H,17,22)(H2,19,20,21,23,24). The lowest BCUT2D eigenvalue weighted by atomic mass is 10.1. The van der Waals surface area contributed by atoms with Crippen molar-refractivity contribution in [2.45, 2.75) is 32.2 Å². The van der Waals surface area contributed by atoms with Crippen LogP contribution in [0, 0.1) is 6.92 Å². The Balaban J connectivity index is 1.56. The van der Waals surface area contributed by atoms with Crippen molar-refractivity contribution in [1.29, 1.82) is 0 Å². The van der Waals surface area contributed by atoms with Gasteiger partial charge >= 0.3 is 5.69 Å². The minimum Gasteiger partial charge on any atom is -0.444 e. The molecule has 25 heavy (non-hydrogen) atoms. The number of pyridine rings is 1. The smallest absolute Gasteiger partial charge is 0.327 e. The monoisotopic (exact) mass is 341 g/mol. The van der Waals surface area contributed by atoms with Gasteiger partial charge in [0.2, 0.25) is 0 Å². The summed E-state index contributed by atoms with van der Waals surface area (Å²) in [7, 11) is 0. The molecule has 0 aromatic carbocycles. The van der Waals surface area contributed by atoms with Crippen LogP contribution in [-0.2, 0) is 6.54 Å².